The summed E-state index contributed by atoms with van der Waals surface area (Å²) in [4.78, 5) is 19.8. The monoisotopic (exact) mass is 323 g/mol. The molecule has 0 bridgehead atoms. The Kier molecular flexibility index (Phi) is 4.36. The lowest BCUT2D eigenvalue weighted by Gasteiger charge is -2.11. The first-order valence-electron chi connectivity index (χ1n) is 7.94. The van der Waals surface area contributed by atoms with Crippen LogP contribution < -0.4 is 5.32 Å². The van der Waals surface area contributed by atoms with Crippen molar-refractivity contribution in [3.63, 3.8) is 0 Å². The minimum atomic E-state index is -0.830. The zero-order valence-electron chi connectivity index (χ0n) is 14.1. The fourth-order valence-electron chi connectivity index (χ4n) is 2.97. The number of aromatic amines is 1. The highest BCUT2D eigenvalue weighted by atomic mass is 16.3. The van der Waals surface area contributed by atoms with Crippen molar-refractivity contribution in [3.8, 4) is 0 Å². The molecule has 1 aromatic carbocycles. The number of aliphatic hydroxyl groups excluding tert-OH is 1. The van der Waals surface area contributed by atoms with Gasteiger partial charge in [-0.1, -0.05) is 17.7 Å². The molecule has 2 heterocycles. The summed E-state index contributed by atoms with van der Waals surface area (Å²) < 4.78 is 0. The number of pyridine rings is 1. The van der Waals surface area contributed by atoms with Crippen LogP contribution in [0.15, 0.2) is 36.5 Å². The molecule has 2 aromatic heterocycles. The van der Waals surface area contributed by atoms with E-state index in [1.165, 1.54) is 5.56 Å². The third-order valence-corrected chi connectivity index (χ3v) is 4.22. The molecule has 0 aliphatic rings. The number of aromatic nitrogens is 2. The van der Waals surface area contributed by atoms with Gasteiger partial charge in [-0.25, -0.2) is 0 Å². The predicted octanol–water partition coefficient (Wildman–Crippen LogP) is 2.95. The van der Waals surface area contributed by atoms with Crippen LogP contribution in [0.3, 0.4) is 0 Å². The third kappa shape index (κ3) is 3.03. The average Bonchev–Trinajstić information content (AvgIpc) is 2.90. The Morgan fingerprint density at radius 2 is 2.08 bits per heavy atom. The summed E-state index contributed by atoms with van der Waals surface area (Å²) in [7, 11) is 0. The second-order valence-corrected chi connectivity index (χ2v) is 6.11. The third-order valence-electron chi connectivity index (χ3n) is 4.22. The number of carbonyl (C=O) groups excluding carboxylic acids is 1. The number of rotatable bonds is 4. The molecule has 3 rings (SSSR count). The topological polar surface area (TPSA) is 78.0 Å². The normalized spacial score (nSPS) is 12.3. The van der Waals surface area contributed by atoms with Crippen molar-refractivity contribution < 1.29 is 9.90 Å². The van der Waals surface area contributed by atoms with E-state index in [1.807, 2.05) is 20.8 Å². The molecule has 0 radical (unpaired) electrons. The largest absolute Gasteiger partial charge is 0.385 e. The number of H-pyrrole nitrogens is 1. The van der Waals surface area contributed by atoms with Crippen LogP contribution in [0.1, 0.15) is 39.0 Å². The Hall–Kier alpha value is -2.66. The van der Waals surface area contributed by atoms with Gasteiger partial charge in [-0.3, -0.25) is 9.78 Å². The summed E-state index contributed by atoms with van der Waals surface area (Å²) in [6.45, 7) is 6.12. The van der Waals surface area contributed by atoms with Crippen LogP contribution in [0.5, 0.6) is 0 Å². The molecule has 0 fully saturated rings. The van der Waals surface area contributed by atoms with Gasteiger partial charge in [0.05, 0.1) is 5.69 Å². The fourth-order valence-corrected chi connectivity index (χ4v) is 2.97. The van der Waals surface area contributed by atoms with Crippen molar-refractivity contribution in [1.29, 1.82) is 0 Å². The van der Waals surface area contributed by atoms with Gasteiger partial charge in [0.1, 0.15) is 11.8 Å². The Bertz CT molecular complexity index is 885. The molecule has 5 nitrogen and oxygen atoms in total. The quantitative estimate of drug-likeness (QED) is 0.691. The fraction of sp³-hybridized carbons (Fsp3) is 0.263. The SMILES string of the molecule is Cc1cc(C)c2[nH]c(C(=O)NC[C@@H](O)c3ccccn3)c(C)c2c1. The summed E-state index contributed by atoms with van der Waals surface area (Å²) in [5, 5.41) is 13.9. The number of amides is 1. The number of nitrogens with zero attached hydrogens (tertiary/aromatic N) is 1. The van der Waals surface area contributed by atoms with Crippen LogP contribution in [0, 0.1) is 20.8 Å². The van der Waals surface area contributed by atoms with Crippen LogP contribution >= 0.6 is 0 Å². The molecule has 5 heteroatoms. The highest BCUT2D eigenvalue weighted by Crippen LogP contribution is 2.26. The molecular weight excluding hydrogens is 302 g/mol. The lowest BCUT2D eigenvalue weighted by molar-refractivity contribution is 0.0909. The lowest BCUT2D eigenvalue weighted by atomic mass is 10.1. The summed E-state index contributed by atoms with van der Waals surface area (Å²) in [6, 6.07) is 9.49. The van der Waals surface area contributed by atoms with E-state index in [2.05, 4.69) is 27.4 Å². The van der Waals surface area contributed by atoms with Crippen molar-refractivity contribution in [2.45, 2.75) is 26.9 Å². The van der Waals surface area contributed by atoms with E-state index >= 15 is 0 Å². The Balaban J connectivity index is 1.79. The minimum Gasteiger partial charge on any atom is -0.385 e. The Labute approximate surface area is 140 Å². The van der Waals surface area contributed by atoms with E-state index in [0.29, 0.717) is 11.4 Å². The molecule has 0 aliphatic heterocycles. The minimum absolute atomic E-state index is 0.114. The van der Waals surface area contributed by atoms with Gasteiger partial charge in [-0.2, -0.15) is 0 Å². The Morgan fingerprint density at radius 3 is 2.79 bits per heavy atom. The maximum Gasteiger partial charge on any atom is 0.268 e. The van der Waals surface area contributed by atoms with Crippen molar-refractivity contribution >= 4 is 16.8 Å². The number of benzene rings is 1. The number of hydrogen-bond donors (Lipinski definition) is 3. The lowest BCUT2D eigenvalue weighted by Crippen LogP contribution is -2.29. The second kappa shape index (κ2) is 6.45. The first-order chi connectivity index (χ1) is 11.5. The summed E-state index contributed by atoms with van der Waals surface area (Å²) >= 11 is 0. The van der Waals surface area contributed by atoms with Gasteiger partial charge in [0.15, 0.2) is 0 Å². The molecule has 24 heavy (non-hydrogen) atoms. The van der Waals surface area contributed by atoms with Gasteiger partial charge in [-0.05, 0) is 50.1 Å². The number of aliphatic hydroxyl groups is 1. The van der Waals surface area contributed by atoms with E-state index in [1.54, 1.807) is 24.4 Å². The van der Waals surface area contributed by atoms with Gasteiger partial charge < -0.3 is 15.4 Å². The predicted molar refractivity (Wildman–Crippen MR) is 94.0 cm³/mol. The molecule has 124 valence electrons. The van der Waals surface area contributed by atoms with Crippen LogP contribution in [0.2, 0.25) is 0 Å². The van der Waals surface area contributed by atoms with Crippen molar-refractivity contribution in [1.82, 2.24) is 15.3 Å². The zero-order chi connectivity index (χ0) is 17.3. The number of fused-ring (bicyclic) bond motifs is 1. The van der Waals surface area contributed by atoms with E-state index in [-0.39, 0.29) is 12.5 Å². The summed E-state index contributed by atoms with van der Waals surface area (Å²) in [5.41, 5.74) is 5.25. The molecular formula is C19H21N3O2. The first-order valence-corrected chi connectivity index (χ1v) is 7.94. The van der Waals surface area contributed by atoms with Gasteiger partial charge in [-0.15, -0.1) is 0 Å². The smallest absolute Gasteiger partial charge is 0.268 e. The second-order valence-electron chi connectivity index (χ2n) is 6.11. The molecule has 0 aliphatic carbocycles. The molecule has 3 N–H and O–H groups in total. The summed E-state index contributed by atoms with van der Waals surface area (Å²) in [6.07, 6.45) is 0.789. The maximum atomic E-state index is 12.5. The average molecular weight is 323 g/mol. The van der Waals surface area contributed by atoms with Gasteiger partial charge in [0.25, 0.3) is 5.91 Å². The highest BCUT2D eigenvalue weighted by molar-refractivity contribution is 6.01. The molecule has 0 unspecified atom stereocenters. The maximum absolute atomic E-state index is 12.5. The van der Waals surface area contributed by atoms with Gasteiger partial charge in [0.2, 0.25) is 0 Å². The van der Waals surface area contributed by atoms with Crippen LogP contribution in [-0.2, 0) is 0 Å². The molecule has 1 atom stereocenters. The van der Waals surface area contributed by atoms with Crippen LogP contribution in [0.4, 0.5) is 0 Å². The first kappa shape index (κ1) is 16.2. The Morgan fingerprint density at radius 1 is 1.29 bits per heavy atom. The van der Waals surface area contributed by atoms with Crippen LogP contribution in [0.25, 0.3) is 10.9 Å². The van der Waals surface area contributed by atoms with E-state index in [4.69, 9.17) is 0 Å². The van der Waals surface area contributed by atoms with E-state index in [9.17, 15) is 9.90 Å². The van der Waals surface area contributed by atoms with Crippen LogP contribution in [-0.4, -0.2) is 27.5 Å². The zero-order valence-corrected chi connectivity index (χ0v) is 14.1. The van der Waals surface area contributed by atoms with Crippen molar-refractivity contribution in [2.24, 2.45) is 0 Å². The summed E-state index contributed by atoms with van der Waals surface area (Å²) in [5.74, 6) is -0.226. The van der Waals surface area contributed by atoms with Crippen molar-refractivity contribution in [3.05, 3.63) is 64.6 Å². The molecule has 0 saturated heterocycles. The molecule has 0 spiro atoms. The standard InChI is InChI=1S/C19H21N3O2/c1-11-8-12(2)17-14(9-11)13(3)18(22-17)19(24)21-10-16(23)15-6-4-5-7-20-15/h4-9,16,22-23H,10H2,1-3H3,(H,21,24)/t16-/m1/s1. The molecule has 3 aromatic rings. The van der Waals surface area contributed by atoms with E-state index < -0.39 is 6.10 Å². The highest BCUT2D eigenvalue weighted by Gasteiger charge is 2.17. The number of hydrogen-bond acceptors (Lipinski definition) is 3. The number of nitrogens with one attached hydrogen (secondary N) is 2. The number of carbonyl (C=O) groups is 1. The van der Waals surface area contributed by atoms with Gasteiger partial charge >= 0.3 is 0 Å². The number of aryl methyl sites for hydroxylation is 3. The van der Waals surface area contributed by atoms with E-state index in [0.717, 1.165) is 22.0 Å². The molecule has 0 saturated carbocycles. The van der Waals surface area contributed by atoms with Crippen molar-refractivity contribution in [2.75, 3.05) is 6.54 Å². The van der Waals surface area contributed by atoms with Gasteiger partial charge in [0, 0.05) is 23.6 Å². The molecule has 1 amide bonds.